The number of esters is 4. The van der Waals surface area contributed by atoms with Crippen LogP contribution in [-0.4, -0.2) is 48.5 Å². The molecule has 1 saturated heterocycles. The van der Waals surface area contributed by atoms with Crippen LogP contribution in [0.1, 0.15) is 27.7 Å². The molecule has 9 nitrogen and oxygen atoms in total. The molecule has 0 aliphatic carbocycles. The van der Waals surface area contributed by atoms with Crippen molar-refractivity contribution in [2.45, 2.75) is 52.3 Å². The zero-order valence-electron chi connectivity index (χ0n) is 13.2. The quantitative estimate of drug-likeness (QED) is 0.527. The van der Waals surface area contributed by atoms with Gasteiger partial charge in [0.1, 0.15) is 5.76 Å². The Hall–Kier alpha value is -2.58. The van der Waals surface area contributed by atoms with E-state index in [1.165, 1.54) is 0 Å². The van der Waals surface area contributed by atoms with Crippen molar-refractivity contribution < 1.29 is 42.9 Å². The van der Waals surface area contributed by atoms with Gasteiger partial charge < -0.3 is 23.7 Å². The summed E-state index contributed by atoms with van der Waals surface area (Å²) in [5, 5.41) is 0. The summed E-state index contributed by atoms with van der Waals surface area (Å²) in [4.78, 5) is 45.0. The van der Waals surface area contributed by atoms with Crippen molar-refractivity contribution in [2.24, 2.45) is 0 Å². The topological polar surface area (TPSA) is 114 Å². The second kappa shape index (κ2) is 7.61. The van der Waals surface area contributed by atoms with Crippen LogP contribution in [0, 0.1) is 0 Å². The second-order valence-electron chi connectivity index (χ2n) is 4.74. The molecule has 0 spiro atoms. The van der Waals surface area contributed by atoms with Gasteiger partial charge in [0.15, 0.2) is 12.2 Å². The molecule has 0 saturated carbocycles. The Morgan fingerprint density at radius 3 is 1.65 bits per heavy atom. The molecule has 0 aromatic heterocycles. The Morgan fingerprint density at radius 2 is 1.22 bits per heavy atom. The van der Waals surface area contributed by atoms with Crippen molar-refractivity contribution in [3.8, 4) is 0 Å². The van der Waals surface area contributed by atoms with Crippen molar-refractivity contribution in [1.29, 1.82) is 0 Å². The van der Waals surface area contributed by atoms with E-state index >= 15 is 0 Å². The first-order chi connectivity index (χ1) is 10.6. The first kappa shape index (κ1) is 18.5. The molecule has 9 heteroatoms. The van der Waals surface area contributed by atoms with Crippen LogP contribution in [0.5, 0.6) is 0 Å². The summed E-state index contributed by atoms with van der Waals surface area (Å²) in [6, 6.07) is 0. The van der Waals surface area contributed by atoms with Gasteiger partial charge in [-0.05, 0) is 0 Å². The van der Waals surface area contributed by atoms with E-state index in [2.05, 4.69) is 6.58 Å². The van der Waals surface area contributed by atoms with Gasteiger partial charge in [0, 0.05) is 27.7 Å². The lowest BCUT2D eigenvalue weighted by molar-refractivity contribution is -0.254. The molecule has 128 valence electrons. The molecule has 0 bridgehead atoms. The van der Waals surface area contributed by atoms with Crippen molar-refractivity contribution >= 4 is 23.9 Å². The van der Waals surface area contributed by atoms with Crippen LogP contribution in [-0.2, 0) is 42.9 Å². The largest absolute Gasteiger partial charge is 0.454 e. The molecule has 0 radical (unpaired) electrons. The molecule has 0 aromatic carbocycles. The van der Waals surface area contributed by atoms with Crippen molar-refractivity contribution in [3.05, 3.63) is 12.3 Å². The fourth-order valence-electron chi connectivity index (χ4n) is 1.99. The average molecular weight is 330 g/mol. The van der Waals surface area contributed by atoms with Crippen molar-refractivity contribution in [2.75, 3.05) is 0 Å². The standard InChI is InChI=1S/C14H18O9/c1-6-11(20-7(2)15)12(21-8(3)16)13(22-9(4)17)14(19-6)23-10(5)18/h11-14H,1H2,2-5H3/t11-,12+,13-,14+/m1/s1. The van der Waals surface area contributed by atoms with Gasteiger partial charge in [0.2, 0.25) is 6.10 Å². The Kier molecular flexibility index (Phi) is 6.11. The minimum atomic E-state index is -1.39. The normalized spacial score (nSPS) is 26.5. The molecule has 1 aliphatic heterocycles. The van der Waals surface area contributed by atoms with E-state index in [0.29, 0.717) is 0 Å². The fourth-order valence-corrected chi connectivity index (χ4v) is 1.99. The number of carbonyl (C=O) groups excluding carboxylic acids is 4. The molecule has 1 aliphatic rings. The van der Waals surface area contributed by atoms with Gasteiger partial charge >= 0.3 is 23.9 Å². The molecule has 0 unspecified atom stereocenters. The predicted molar refractivity (Wildman–Crippen MR) is 72.4 cm³/mol. The maximum atomic E-state index is 11.3. The van der Waals surface area contributed by atoms with Crippen LogP contribution in [0.25, 0.3) is 0 Å². The maximum Gasteiger partial charge on any atom is 0.305 e. The van der Waals surface area contributed by atoms with Gasteiger partial charge in [-0.3, -0.25) is 19.2 Å². The lowest BCUT2D eigenvalue weighted by Gasteiger charge is -2.40. The number of rotatable bonds is 4. The Labute approximate surface area is 132 Å². The zero-order chi connectivity index (χ0) is 17.7. The fraction of sp³-hybridized carbons (Fsp3) is 0.571. The van der Waals surface area contributed by atoms with E-state index in [1.54, 1.807) is 0 Å². The molecule has 4 atom stereocenters. The number of carbonyl (C=O) groups is 4. The summed E-state index contributed by atoms with van der Waals surface area (Å²) in [5.41, 5.74) is 0. The molecule has 0 amide bonds. The average Bonchev–Trinajstić information content (AvgIpc) is 2.36. The Balaban J connectivity index is 3.18. The third-order valence-electron chi connectivity index (χ3n) is 2.65. The van der Waals surface area contributed by atoms with Crippen LogP contribution in [0.4, 0.5) is 0 Å². The van der Waals surface area contributed by atoms with Gasteiger partial charge in [-0.1, -0.05) is 6.58 Å². The van der Waals surface area contributed by atoms with Crippen molar-refractivity contribution in [1.82, 2.24) is 0 Å². The zero-order valence-corrected chi connectivity index (χ0v) is 13.2. The number of ether oxygens (including phenoxy) is 5. The molecule has 1 rings (SSSR count). The SMILES string of the molecule is C=C1O[C@@H](OC(C)=O)[C@H](OC(C)=O)[C@@H](OC(C)=O)[C@@H]1OC(C)=O. The van der Waals surface area contributed by atoms with Gasteiger partial charge in [0.05, 0.1) is 0 Å². The number of hydrogen-bond donors (Lipinski definition) is 0. The van der Waals surface area contributed by atoms with Gasteiger partial charge in [0.25, 0.3) is 6.29 Å². The first-order valence-corrected chi connectivity index (χ1v) is 6.66. The van der Waals surface area contributed by atoms with E-state index in [-0.39, 0.29) is 5.76 Å². The molecule has 0 N–H and O–H groups in total. The molecule has 1 fully saturated rings. The van der Waals surface area contributed by atoms with Crippen LogP contribution < -0.4 is 0 Å². The summed E-state index contributed by atoms with van der Waals surface area (Å²) in [6.07, 6.45) is -5.20. The second-order valence-corrected chi connectivity index (χ2v) is 4.74. The third-order valence-corrected chi connectivity index (χ3v) is 2.65. The van der Waals surface area contributed by atoms with E-state index < -0.39 is 48.5 Å². The first-order valence-electron chi connectivity index (χ1n) is 6.66. The highest BCUT2D eigenvalue weighted by Crippen LogP contribution is 2.30. The third kappa shape index (κ3) is 5.28. The summed E-state index contributed by atoms with van der Waals surface area (Å²) in [5.74, 6) is -2.97. The smallest absolute Gasteiger partial charge is 0.305 e. The van der Waals surface area contributed by atoms with Gasteiger partial charge in [-0.25, -0.2) is 0 Å². The maximum absolute atomic E-state index is 11.3. The molecule has 1 heterocycles. The van der Waals surface area contributed by atoms with E-state index in [9.17, 15) is 19.2 Å². The minimum absolute atomic E-state index is 0.110. The Morgan fingerprint density at radius 1 is 0.783 bits per heavy atom. The van der Waals surface area contributed by atoms with E-state index in [4.69, 9.17) is 23.7 Å². The lowest BCUT2D eigenvalue weighted by atomic mass is 10.0. The van der Waals surface area contributed by atoms with E-state index in [1.807, 2.05) is 0 Å². The highest BCUT2D eigenvalue weighted by atomic mass is 16.7. The van der Waals surface area contributed by atoms with Crippen LogP contribution in [0.3, 0.4) is 0 Å². The summed E-state index contributed by atoms with van der Waals surface area (Å²) in [7, 11) is 0. The summed E-state index contributed by atoms with van der Waals surface area (Å²) >= 11 is 0. The number of hydrogen-bond acceptors (Lipinski definition) is 9. The minimum Gasteiger partial charge on any atom is -0.454 e. The molecule has 0 aromatic rings. The predicted octanol–water partition coefficient (Wildman–Crippen LogP) is 0.215. The molecular weight excluding hydrogens is 312 g/mol. The van der Waals surface area contributed by atoms with E-state index in [0.717, 1.165) is 27.7 Å². The van der Waals surface area contributed by atoms with Gasteiger partial charge in [-0.15, -0.1) is 0 Å². The Bertz CT molecular complexity index is 524. The highest BCUT2D eigenvalue weighted by Gasteiger charge is 2.51. The lowest BCUT2D eigenvalue weighted by Crippen LogP contribution is -2.57. The summed E-state index contributed by atoms with van der Waals surface area (Å²) in [6.45, 7) is 8.04. The molecular formula is C14H18O9. The highest BCUT2D eigenvalue weighted by molar-refractivity contribution is 5.69. The molecule has 23 heavy (non-hydrogen) atoms. The monoisotopic (exact) mass is 330 g/mol. The van der Waals surface area contributed by atoms with Crippen LogP contribution in [0.2, 0.25) is 0 Å². The van der Waals surface area contributed by atoms with Crippen LogP contribution in [0.15, 0.2) is 12.3 Å². The van der Waals surface area contributed by atoms with Gasteiger partial charge in [-0.2, -0.15) is 0 Å². The van der Waals surface area contributed by atoms with Crippen LogP contribution >= 0.6 is 0 Å². The summed E-state index contributed by atoms with van der Waals surface area (Å²) < 4.78 is 25.3. The van der Waals surface area contributed by atoms with Crippen molar-refractivity contribution in [3.63, 3.8) is 0 Å².